The molecule has 1 N–H and O–H groups in total. The molecule has 1 aliphatic rings. The number of nitrogens with zero attached hydrogens (tertiary/aromatic N) is 3. The number of pyridine rings is 1. The molecule has 0 spiro atoms. The number of aromatic nitrogens is 2. The Kier molecular flexibility index (Phi) is 4.37. The molecule has 2 aromatic heterocycles. The van der Waals surface area contributed by atoms with Crippen molar-refractivity contribution in [2.75, 3.05) is 27.2 Å². The van der Waals surface area contributed by atoms with Crippen molar-refractivity contribution in [2.45, 2.75) is 25.7 Å². The molecule has 24 heavy (non-hydrogen) atoms. The Morgan fingerprint density at radius 3 is 2.71 bits per heavy atom. The first-order chi connectivity index (χ1) is 11.5. The molecule has 8 heteroatoms. The van der Waals surface area contributed by atoms with Crippen LogP contribution in [0.5, 0.6) is 0 Å². The number of aryl methyl sites for hydroxylation is 1. The summed E-state index contributed by atoms with van der Waals surface area (Å²) >= 11 is 0. The highest BCUT2D eigenvalue weighted by molar-refractivity contribution is 6.06. The van der Waals surface area contributed by atoms with E-state index in [2.05, 4.69) is 15.5 Å². The van der Waals surface area contributed by atoms with Crippen LogP contribution in [0.4, 0.5) is 4.79 Å². The van der Waals surface area contributed by atoms with Gasteiger partial charge in [0.1, 0.15) is 0 Å². The predicted molar refractivity (Wildman–Crippen MR) is 85.9 cm³/mol. The Bertz CT molecular complexity index is 778. The molecule has 0 radical (unpaired) electrons. The van der Waals surface area contributed by atoms with E-state index in [-0.39, 0.29) is 17.9 Å². The van der Waals surface area contributed by atoms with Gasteiger partial charge in [-0.05, 0) is 25.8 Å². The number of carbonyl (C=O) groups is 2. The van der Waals surface area contributed by atoms with E-state index in [1.54, 1.807) is 18.0 Å². The summed E-state index contributed by atoms with van der Waals surface area (Å²) in [6.45, 7) is 2.98. The number of likely N-dealkylation sites (tertiary alicyclic amines) is 1. The molecule has 3 heterocycles. The normalized spacial score (nSPS) is 15.5. The Balaban J connectivity index is 1.94. The number of piperidine rings is 1. The van der Waals surface area contributed by atoms with Gasteiger partial charge in [-0.2, -0.15) is 0 Å². The molecule has 0 unspecified atom stereocenters. The van der Waals surface area contributed by atoms with Crippen molar-refractivity contribution >= 4 is 23.1 Å². The quantitative estimate of drug-likeness (QED) is 0.901. The minimum Gasteiger partial charge on any atom is -0.453 e. The van der Waals surface area contributed by atoms with Crippen LogP contribution in [0.1, 0.15) is 40.5 Å². The summed E-state index contributed by atoms with van der Waals surface area (Å²) < 4.78 is 10.1. The summed E-state index contributed by atoms with van der Waals surface area (Å²) in [6, 6.07) is 1.74. The van der Waals surface area contributed by atoms with Crippen LogP contribution < -0.4 is 5.32 Å². The molecule has 1 fully saturated rings. The summed E-state index contributed by atoms with van der Waals surface area (Å²) in [5.41, 5.74) is 2.33. The van der Waals surface area contributed by atoms with Crippen molar-refractivity contribution in [2.24, 2.45) is 0 Å². The van der Waals surface area contributed by atoms with E-state index in [1.807, 2.05) is 6.92 Å². The average molecular weight is 332 g/mol. The topological polar surface area (TPSA) is 97.6 Å². The number of hydrogen-bond acceptors (Lipinski definition) is 6. The van der Waals surface area contributed by atoms with Gasteiger partial charge in [-0.15, -0.1) is 0 Å². The minimum absolute atomic E-state index is 0.111. The molecule has 0 aliphatic carbocycles. The van der Waals surface area contributed by atoms with Crippen molar-refractivity contribution in [1.29, 1.82) is 0 Å². The molecule has 0 bridgehead atoms. The first-order valence-corrected chi connectivity index (χ1v) is 7.87. The molecule has 1 aliphatic heterocycles. The van der Waals surface area contributed by atoms with E-state index >= 15 is 0 Å². The lowest BCUT2D eigenvalue weighted by atomic mass is 9.91. The lowest BCUT2D eigenvalue weighted by molar-refractivity contribution is 0.0964. The molecular formula is C16H20N4O4. The molecule has 8 nitrogen and oxygen atoms in total. The zero-order valence-corrected chi connectivity index (χ0v) is 14.0. The van der Waals surface area contributed by atoms with E-state index in [9.17, 15) is 9.59 Å². The van der Waals surface area contributed by atoms with E-state index in [0.29, 0.717) is 35.4 Å². The van der Waals surface area contributed by atoms with Crippen molar-refractivity contribution in [3.05, 3.63) is 23.0 Å². The van der Waals surface area contributed by atoms with Crippen LogP contribution in [0.2, 0.25) is 0 Å². The minimum atomic E-state index is -0.318. The van der Waals surface area contributed by atoms with E-state index in [4.69, 9.17) is 9.26 Å². The Morgan fingerprint density at radius 1 is 1.38 bits per heavy atom. The maximum atomic E-state index is 12.2. The molecular weight excluding hydrogens is 312 g/mol. The van der Waals surface area contributed by atoms with Crippen molar-refractivity contribution < 1.29 is 18.8 Å². The monoisotopic (exact) mass is 332 g/mol. The molecule has 128 valence electrons. The SMILES string of the molecule is CNC(=O)c1cc(C)nc2onc(C3CCN(C(=O)OC)CC3)c12. The summed E-state index contributed by atoms with van der Waals surface area (Å²) in [5.74, 6) is -0.0815. The Labute approximate surface area is 139 Å². The summed E-state index contributed by atoms with van der Waals surface area (Å²) in [4.78, 5) is 29.8. The predicted octanol–water partition coefficient (Wildman–Crippen LogP) is 1.84. The number of fused-ring (bicyclic) bond motifs is 1. The third-order valence-electron chi connectivity index (χ3n) is 4.39. The van der Waals surface area contributed by atoms with Crippen LogP contribution >= 0.6 is 0 Å². The lowest BCUT2D eigenvalue weighted by Crippen LogP contribution is -2.37. The van der Waals surface area contributed by atoms with Gasteiger partial charge in [0.2, 0.25) is 0 Å². The average Bonchev–Trinajstić information content (AvgIpc) is 3.03. The van der Waals surface area contributed by atoms with Gasteiger partial charge in [0, 0.05) is 31.7 Å². The van der Waals surface area contributed by atoms with Crippen molar-refractivity contribution in [3.8, 4) is 0 Å². The van der Waals surface area contributed by atoms with E-state index in [1.165, 1.54) is 7.11 Å². The van der Waals surface area contributed by atoms with Crippen LogP contribution in [0, 0.1) is 6.92 Å². The zero-order valence-electron chi connectivity index (χ0n) is 14.0. The smallest absolute Gasteiger partial charge is 0.409 e. The molecule has 3 rings (SSSR count). The third-order valence-corrected chi connectivity index (χ3v) is 4.39. The molecule has 0 aromatic carbocycles. The largest absolute Gasteiger partial charge is 0.453 e. The fourth-order valence-corrected chi connectivity index (χ4v) is 3.15. The Morgan fingerprint density at radius 2 is 2.08 bits per heavy atom. The van der Waals surface area contributed by atoms with Crippen LogP contribution in [0.25, 0.3) is 11.1 Å². The fraction of sp³-hybridized carbons (Fsp3) is 0.500. The molecule has 0 atom stereocenters. The number of hydrogen-bond donors (Lipinski definition) is 1. The van der Waals surface area contributed by atoms with Gasteiger partial charge >= 0.3 is 6.09 Å². The summed E-state index contributed by atoms with van der Waals surface area (Å²) in [6.07, 6.45) is 1.15. The van der Waals surface area contributed by atoms with Gasteiger partial charge < -0.3 is 19.5 Å². The number of carbonyl (C=O) groups excluding carboxylic acids is 2. The second-order valence-corrected chi connectivity index (χ2v) is 5.87. The van der Waals surface area contributed by atoms with Gasteiger partial charge in [0.05, 0.1) is 23.8 Å². The summed E-state index contributed by atoms with van der Waals surface area (Å²) in [7, 11) is 2.97. The maximum absolute atomic E-state index is 12.2. The number of ether oxygens (including phenoxy) is 1. The van der Waals surface area contributed by atoms with Crippen molar-refractivity contribution in [3.63, 3.8) is 0 Å². The number of methoxy groups -OCH3 is 1. The van der Waals surface area contributed by atoms with Crippen LogP contribution in [0.3, 0.4) is 0 Å². The number of nitrogens with one attached hydrogen (secondary N) is 1. The van der Waals surface area contributed by atoms with Gasteiger partial charge in [-0.3, -0.25) is 4.79 Å². The summed E-state index contributed by atoms with van der Waals surface area (Å²) in [5, 5.41) is 7.48. The van der Waals surface area contributed by atoms with Gasteiger partial charge in [0.15, 0.2) is 0 Å². The van der Waals surface area contributed by atoms with Crippen LogP contribution in [0.15, 0.2) is 10.6 Å². The Hall–Kier alpha value is -2.64. The highest BCUT2D eigenvalue weighted by Crippen LogP contribution is 2.34. The van der Waals surface area contributed by atoms with Crippen LogP contribution in [-0.4, -0.2) is 54.3 Å². The zero-order chi connectivity index (χ0) is 17.3. The van der Waals surface area contributed by atoms with Crippen LogP contribution in [-0.2, 0) is 4.74 Å². The first kappa shape index (κ1) is 16.2. The van der Waals surface area contributed by atoms with E-state index < -0.39 is 0 Å². The molecule has 2 aromatic rings. The van der Waals surface area contributed by atoms with E-state index in [0.717, 1.165) is 18.5 Å². The number of rotatable bonds is 2. The third kappa shape index (κ3) is 2.79. The standard InChI is InChI=1S/C16H20N4O4/c1-9-8-11(14(21)17-2)12-13(19-24-15(12)18-9)10-4-6-20(7-5-10)16(22)23-3/h8,10H,4-7H2,1-3H3,(H,17,21). The lowest BCUT2D eigenvalue weighted by Gasteiger charge is -2.30. The molecule has 1 saturated heterocycles. The number of amides is 2. The second-order valence-electron chi connectivity index (χ2n) is 5.87. The van der Waals surface area contributed by atoms with Crippen molar-refractivity contribution in [1.82, 2.24) is 20.4 Å². The second kappa shape index (κ2) is 6.46. The fourth-order valence-electron chi connectivity index (χ4n) is 3.15. The first-order valence-electron chi connectivity index (χ1n) is 7.87. The van der Waals surface area contributed by atoms with Gasteiger partial charge in [-0.1, -0.05) is 5.16 Å². The van der Waals surface area contributed by atoms with Gasteiger partial charge in [-0.25, -0.2) is 9.78 Å². The maximum Gasteiger partial charge on any atom is 0.409 e. The molecule has 0 saturated carbocycles. The molecule has 2 amide bonds. The van der Waals surface area contributed by atoms with Gasteiger partial charge in [0.25, 0.3) is 11.6 Å². The highest BCUT2D eigenvalue weighted by Gasteiger charge is 2.29. The highest BCUT2D eigenvalue weighted by atomic mass is 16.5.